The first-order valence-electron chi connectivity index (χ1n) is 6.02. The number of carboxylic acids is 1. The highest BCUT2D eigenvalue weighted by Gasteiger charge is 2.36. The molecule has 6 nitrogen and oxygen atoms in total. The lowest BCUT2D eigenvalue weighted by atomic mass is 10.1. The third-order valence-electron chi connectivity index (χ3n) is 3.12. The third-order valence-corrected chi connectivity index (χ3v) is 4.72. The first-order valence-corrected chi connectivity index (χ1v) is 7.97. The highest BCUT2D eigenvalue weighted by molar-refractivity contribution is 9.10. The lowest BCUT2D eigenvalue weighted by molar-refractivity contribution is -0.140. The molecule has 1 saturated heterocycles. The highest BCUT2D eigenvalue weighted by Crippen LogP contribution is 2.35. The number of aliphatic carboxylic acids is 1. The number of rotatable bonds is 4. The average molecular weight is 376 g/mol. The van der Waals surface area contributed by atoms with Crippen LogP contribution < -0.4 is 9.47 Å². The summed E-state index contributed by atoms with van der Waals surface area (Å²) in [4.78, 5) is 25.2. The van der Waals surface area contributed by atoms with Crippen LogP contribution in [0.1, 0.15) is 10.4 Å². The number of hydrogen-bond donors (Lipinski definition) is 1. The maximum absolute atomic E-state index is 12.7. The van der Waals surface area contributed by atoms with Gasteiger partial charge < -0.3 is 19.5 Å². The summed E-state index contributed by atoms with van der Waals surface area (Å²) < 4.78 is 11.0. The number of ether oxygens (including phenoxy) is 2. The van der Waals surface area contributed by atoms with E-state index in [2.05, 4.69) is 15.9 Å². The van der Waals surface area contributed by atoms with Crippen LogP contribution in [0.15, 0.2) is 16.6 Å². The number of benzene rings is 1. The van der Waals surface area contributed by atoms with Gasteiger partial charge in [0.25, 0.3) is 5.91 Å². The standard InChI is InChI=1S/C13H14BrNO5S/c1-19-7-3-8(11(20-2)9(14)4-7)12(16)15-6-21-5-10(15)13(17)18/h3-4,10H,5-6H2,1-2H3,(H,17,18)/t10-/m0/s1. The smallest absolute Gasteiger partial charge is 0.327 e. The van der Waals surface area contributed by atoms with E-state index in [9.17, 15) is 14.7 Å². The minimum Gasteiger partial charge on any atom is -0.497 e. The maximum Gasteiger partial charge on any atom is 0.327 e. The lowest BCUT2D eigenvalue weighted by Gasteiger charge is -2.22. The van der Waals surface area contributed by atoms with Crippen LogP contribution in [0, 0.1) is 0 Å². The molecule has 1 N–H and O–H groups in total. The Balaban J connectivity index is 2.42. The molecule has 2 rings (SSSR count). The van der Waals surface area contributed by atoms with E-state index in [-0.39, 0.29) is 11.5 Å². The number of nitrogens with zero attached hydrogens (tertiary/aromatic N) is 1. The molecule has 0 aromatic heterocycles. The van der Waals surface area contributed by atoms with Crippen LogP contribution in [0.2, 0.25) is 0 Å². The summed E-state index contributed by atoms with van der Waals surface area (Å²) >= 11 is 4.73. The Labute approximate surface area is 134 Å². The van der Waals surface area contributed by atoms with Crippen LogP contribution in [0.25, 0.3) is 0 Å². The quantitative estimate of drug-likeness (QED) is 0.867. The van der Waals surface area contributed by atoms with E-state index in [0.29, 0.717) is 27.6 Å². The first kappa shape index (κ1) is 16.0. The van der Waals surface area contributed by atoms with Gasteiger partial charge in [-0.25, -0.2) is 4.79 Å². The Bertz CT molecular complexity index is 580. The fraction of sp³-hybridized carbons (Fsp3) is 0.385. The van der Waals surface area contributed by atoms with Crippen LogP contribution in [0.5, 0.6) is 11.5 Å². The van der Waals surface area contributed by atoms with Gasteiger partial charge in [-0.15, -0.1) is 11.8 Å². The topological polar surface area (TPSA) is 76.1 Å². The number of methoxy groups -OCH3 is 2. The van der Waals surface area contributed by atoms with Crippen LogP contribution in [0.4, 0.5) is 0 Å². The number of carbonyl (C=O) groups is 2. The van der Waals surface area contributed by atoms with Gasteiger partial charge in [-0.05, 0) is 28.1 Å². The van der Waals surface area contributed by atoms with Crippen molar-refractivity contribution in [3.05, 3.63) is 22.2 Å². The number of hydrogen-bond acceptors (Lipinski definition) is 5. The largest absolute Gasteiger partial charge is 0.497 e. The van der Waals surface area contributed by atoms with Crippen molar-refractivity contribution in [2.24, 2.45) is 0 Å². The van der Waals surface area contributed by atoms with Crippen LogP contribution in [-0.4, -0.2) is 53.8 Å². The summed E-state index contributed by atoms with van der Waals surface area (Å²) in [5.41, 5.74) is 0.275. The predicted molar refractivity (Wildman–Crippen MR) is 82.2 cm³/mol. The Morgan fingerprint density at radius 2 is 2.10 bits per heavy atom. The number of thioether (sulfide) groups is 1. The third kappa shape index (κ3) is 3.11. The molecule has 1 atom stereocenters. The second kappa shape index (κ2) is 6.57. The summed E-state index contributed by atoms with van der Waals surface area (Å²) in [6, 6.07) is 2.41. The van der Waals surface area contributed by atoms with Crippen LogP contribution in [0.3, 0.4) is 0 Å². The van der Waals surface area contributed by atoms with Crippen molar-refractivity contribution in [3.63, 3.8) is 0 Å². The van der Waals surface area contributed by atoms with Gasteiger partial charge in [-0.3, -0.25) is 4.79 Å². The van der Waals surface area contributed by atoms with E-state index in [1.165, 1.54) is 30.9 Å². The van der Waals surface area contributed by atoms with Gasteiger partial charge in [0, 0.05) is 5.75 Å². The summed E-state index contributed by atoms with van der Waals surface area (Å²) in [6.07, 6.45) is 0. The zero-order valence-corrected chi connectivity index (χ0v) is 13.9. The SMILES string of the molecule is COc1cc(Br)c(OC)c(C(=O)N2CSC[C@H]2C(=O)O)c1. The molecule has 1 heterocycles. The van der Waals surface area contributed by atoms with Crippen molar-refractivity contribution < 1.29 is 24.2 Å². The van der Waals surface area contributed by atoms with Crippen molar-refractivity contribution in [1.82, 2.24) is 4.90 Å². The molecule has 1 fully saturated rings. The van der Waals surface area contributed by atoms with Crippen molar-refractivity contribution in [2.45, 2.75) is 6.04 Å². The number of carbonyl (C=O) groups excluding carboxylic acids is 1. The fourth-order valence-corrected chi connectivity index (χ4v) is 3.80. The van der Waals surface area contributed by atoms with Crippen molar-refractivity contribution in [3.8, 4) is 11.5 Å². The van der Waals surface area contributed by atoms with Gasteiger partial charge in [-0.2, -0.15) is 0 Å². The van der Waals surface area contributed by atoms with Gasteiger partial charge in [0.05, 0.1) is 30.1 Å². The summed E-state index contributed by atoms with van der Waals surface area (Å²) in [5.74, 6) is 0.187. The molecule has 1 aliphatic heterocycles. The molecule has 0 radical (unpaired) electrons. The molecule has 1 aromatic rings. The van der Waals surface area contributed by atoms with Crippen molar-refractivity contribution in [2.75, 3.05) is 25.8 Å². The minimum absolute atomic E-state index is 0.275. The predicted octanol–water partition coefficient (Wildman–Crippen LogP) is 2.07. The zero-order valence-electron chi connectivity index (χ0n) is 11.5. The van der Waals surface area contributed by atoms with E-state index < -0.39 is 12.0 Å². The maximum atomic E-state index is 12.7. The molecule has 0 spiro atoms. The monoisotopic (exact) mass is 375 g/mol. The molecule has 0 saturated carbocycles. The Morgan fingerprint density at radius 1 is 1.38 bits per heavy atom. The van der Waals surface area contributed by atoms with Gasteiger partial charge in [0.2, 0.25) is 0 Å². The van der Waals surface area contributed by atoms with Gasteiger partial charge in [0.1, 0.15) is 17.5 Å². The molecule has 8 heteroatoms. The molecule has 0 unspecified atom stereocenters. The Morgan fingerprint density at radius 3 is 2.67 bits per heavy atom. The van der Waals surface area contributed by atoms with Crippen LogP contribution in [-0.2, 0) is 4.79 Å². The van der Waals surface area contributed by atoms with Crippen LogP contribution >= 0.6 is 27.7 Å². The number of carboxylic acid groups (broad SMARTS) is 1. The summed E-state index contributed by atoms with van der Waals surface area (Å²) in [7, 11) is 2.95. The highest BCUT2D eigenvalue weighted by atomic mass is 79.9. The molecular weight excluding hydrogens is 362 g/mol. The molecule has 0 aliphatic carbocycles. The fourth-order valence-electron chi connectivity index (χ4n) is 2.05. The molecule has 0 bridgehead atoms. The van der Waals surface area contributed by atoms with Gasteiger partial charge >= 0.3 is 5.97 Å². The lowest BCUT2D eigenvalue weighted by Crippen LogP contribution is -2.41. The second-order valence-electron chi connectivity index (χ2n) is 4.32. The zero-order chi connectivity index (χ0) is 15.6. The number of halogens is 1. The van der Waals surface area contributed by atoms with E-state index in [4.69, 9.17) is 9.47 Å². The van der Waals surface area contributed by atoms with Gasteiger partial charge in [0.15, 0.2) is 0 Å². The normalized spacial score (nSPS) is 17.7. The summed E-state index contributed by atoms with van der Waals surface area (Å²) in [6.45, 7) is 0. The van der Waals surface area contributed by atoms with Gasteiger partial charge in [-0.1, -0.05) is 0 Å². The molecule has 114 valence electrons. The van der Waals surface area contributed by atoms with E-state index in [0.717, 1.165) is 0 Å². The Hall–Kier alpha value is -1.41. The van der Waals surface area contributed by atoms with Crippen molar-refractivity contribution >= 4 is 39.6 Å². The molecular formula is C13H14BrNO5S. The second-order valence-corrected chi connectivity index (χ2v) is 6.17. The first-order chi connectivity index (χ1) is 9.99. The van der Waals surface area contributed by atoms with Crippen molar-refractivity contribution in [1.29, 1.82) is 0 Å². The number of amides is 1. The molecule has 1 aliphatic rings. The minimum atomic E-state index is -1.01. The van der Waals surface area contributed by atoms with E-state index in [1.54, 1.807) is 12.1 Å². The molecule has 1 amide bonds. The summed E-state index contributed by atoms with van der Waals surface area (Å²) in [5, 5.41) is 9.19. The molecule has 1 aromatic carbocycles. The Kier molecular flexibility index (Phi) is 5.00. The average Bonchev–Trinajstić information content (AvgIpc) is 2.95. The van der Waals surface area contributed by atoms with E-state index >= 15 is 0 Å². The van der Waals surface area contributed by atoms with E-state index in [1.807, 2.05) is 0 Å². The molecule has 21 heavy (non-hydrogen) atoms.